The number of esters is 2. The molecule has 0 spiro atoms. The first-order valence-electron chi connectivity index (χ1n) is 16.2. The number of Topliss-reactive ketones (excluding diaryl/α,β-unsaturated/α-hetero) is 1. The first kappa shape index (κ1) is 33.2. The highest BCUT2D eigenvalue weighted by Gasteiger charge is 2.79. The molecule has 7 nitrogen and oxygen atoms in total. The van der Waals surface area contributed by atoms with Gasteiger partial charge >= 0.3 is 11.9 Å². The van der Waals surface area contributed by atoms with E-state index >= 15 is 4.39 Å². The van der Waals surface area contributed by atoms with Crippen LogP contribution in [0, 0.1) is 45.3 Å². The number of carbonyl (C=O) groups is 4. The number of alkyl halides is 1. The first-order valence-corrected chi connectivity index (χ1v) is 19.6. The van der Waals surface area contributed by atoms with Crippen molar-refractivity contribution in [3.05, 3.63) is 23.8 Å². The quantitative estimate of drug-likeness (QED) is 0.232. The molecular formula is C35H51FO7Si. The average molecular weight is 631 g/mol. The number of ether oxygens (including phenoxy) is 2. The molecule has 0 aromatic rings. The van der Waals surface area contributed by atoms with Crippen LogP contribution in [0.5, 0.6) is 0 Å². The summed E-state index contributed by atoms with van der Waals surface area (Å²) in [6.07, 6.45) is 5.55. The van der Waals surface area contributed by atoms with Crippen LogP contribution in [0.25, 0.3) is 0 Å². The van der Waals surface area contributed by atoms with Crippen LogP contribution in [-0.4, -0.2) is 55.8 Å². The summed E-state index contributed by atoms with van der Waals surface area (Å²) in [5.41, 5.74) is -5.37. The number of allylic oxidation sites excluding steroid dienone is 4. The van der Waals surface area contributed by atoms with Gasteiger partial charge in [0.15, 0.2) is 32.0 Å². The SMILES string of the molecule is CC(=O)OCC(=O)[C@@]1(OC(=O)C2C(C)(C)C2(C)C)[C@@H](C)C[C@H]2[C@@H]3CCC4=CC(=O)C=C[C@]4(C)[C@@]3(F)[C@@H](O[Si](C)(C)C)C[C@@]21C. The Balaban J connectivity index is 1.66. The highest BCUT2D eigenvalue weighted by Crippen LogP contribution is 2.73. The lowest BCUT2D eigenvalue weighted by atomic mass is 9.44. The lowest BCUT2D eigenvalue weighted by Gasteiger charge is -2.64. The van der Waals surface area contributed by atoms with Crippen LogP contribution >= 0.6 is 0 Å². The predicted octanol–water partition coefficient (Wildman–Crippen LogP) is 6.56. The largest absolute Gasteiger partial charge is 0.458 e. The molecule has 244 valence electrons. The van der Waals surface area contributed by atoms with Gasteiger partial charge in [-0.2, -0.15) is 0 Å². The maximum absolute atomic E-state index is 18.5. The topological polar surface area (TPSA) is 96.0 Å². The Morgan fingerprint density at radius 2 is 1.64 bits per heavy atom. The maximum Gasteiger partial charge on any atom is 0.311 e. The van der Waals surface area contributed by atoms with Crippen molar-refractivity contribution >= 4 is 31.8 Å². The number of carbonyl (C=O) groups excluding carboxylic acids is 4. The van der Waals surface area contributed by atoms with E-state index in [1.165, 1.54) is 13.0 Å². The minimum absolute atomic E-state index is 0.134. The summed E-state index contributed by atoms with van der Waals surface area (Å²) in [5, 5.41) is 0. The van der Waals surface area contributed by atoms with E-state index in [1.54, 1.807) is 12.2 Å². The summed E-state index contributed by atoms with van der Waals surface area (Å²) in [7, 11) is -2.36. The van der Waals surface area contributed by atoms with Gasteiger partial charge in [0.05, 0.1) is 12.0 Å². The molecule has 4 saturated carbocycles. The molecule has 0 unspecified atom stereocenters. The zero-order chi connectivity index (χ0) is 33.1. The minimum Gasteiger partial charge on any atom is -0.458 e. The van der Waals surface area contributed by atoms with Gasteiger partial charge in [0.1, 0.15) is 0 Å². The Bertz CT molecular complexity index is 1340. The molecule has 5 aliphatic carbocycles. The molecule has 0 radical (unpaired) electrons. The molecule has 8 atom stereocenters. The van der Waals surface area contributed by atoms with E-state index in [2.05, 4.69) is 0 Å². The van der Waals surface area contributed by atoms with Crippen LogP contribution in [-0.2, 0) is 33.1 Å². The third kappa shape index (κ3) is 4.33. The van der Waals surface area contributed by atoms with Crippen molar-refractivity contribution in [2.45, 2.75) is 118 Å². The predicted molar refractivity (Wildman–Crippen MR) is 167 cm³/mol. The van der Waals surface area contributed by atoms with Crippen LogP contribution in [0.1, 0.15) is 81.1 Å². The zero-order valence-electron chi connectivity index (χ0n) is 28.4. The van der Waals surface area contributed by atoms with Gasteiger partial charge in [0.25, 0.3) is 0 Å². The molecule has 0 heterocycles. The Labute approximate surface area is 262 Å². The van der Waals surface area contributed by atoms with Crippen LogP contribution in [0.4, 0.5) is 4.39 Å². The van der Waals surface area contributed by atoms with E-state index in [1.807, 2.05) is 68.1 Å². The van der Waals surface area contributed by atoms with Gasteiger partial charge in [-0.3, -0.25) is 19.2 Å². The summed E-state index contributed by atoms with van der Waals surface area (Å²) in [6, 6.07) is 0. The molecule has 9 heteroatoms. The lowest BCUT2D eigenvalue weighted by Crippen LogP contribution is -2.71. The maximum atomic E-state index is 18.5. The van der Waals surface area contributed by atoms with Crippen LogP contribution in [0.3, 0.4) is 0 Å². The van der Waals surface area contributed by atoms with Gasteiger partial charge in [-0.15, -0.1) is 0 Å². The normalized spacial score (nSPS) is 42.0. The molecule has 0 aromatic carbocycles. The minimum atomic E-state index is -2.36. The van der Waals surface area contributed by atoms with Gasteiger partial charge in [-0.1, -0.05) is 53.2 Å². The van der Waals surface area contributed by atoms with E-state index in [9.17, 15) is 19.2 Å². The molecule has 5 aliphatic rings. The highest BCUT2D eigenvalue weighted by atomic mass is 28.4. The number of hydrogen-bond acceptors (Lipinski definition) is 7. The van der Waals surface area contributed by atoms with Crippen molar-refractivity contribution in [2.75, 3.05) is 6.61 Å². The van der Waals surface area contributed by atoms with Crippen LogP contribution < -0.4 is 0 Å². The van der Waals surface area contributed by atoms with E-state index in [4.69, 9.17) is 13.9 Å². The fourth-order valence-corrected chi connectivity index (χ4v) is 11.3. The average Bonchev–Trinajstić information content (AvgIpc) is 3.19. The van der Waals surface area contributed by atoms with Crippen molar-refractivity contribution in [3.8, 4) is 0 Å². The summed E-state index contributed by atoms with van der Waals surface area (Å²) >= 11 is 0. The van der Waals surface area contributed by atoms with Gasteiger partial charge in [-0.25, -0.2) is 4.39 Å². The molecule has 0 N–H and O–H groups in total. The Hall–Kier alpha value is -2.13. The molecule has 0 saturated heterocycles. The molecule has 0 aliphatic heterocycles. The second-order valence-corrected chi connectivity index (χ2v) is 21.3. The van der Waals surface area contributed by atoms with Crippen molar-refractivity contribution < 1.29 is 37.5 Å². The van der Waals surface area contributed by atoms with Crippen molar-refractivity contribution in [1.82, 2.24) is 0 Å². The van der Waals surface area contributed by atoms with Gasteiger partial charge in [-0.05, 0) is 81.1 Å². The highest BCUT2D eigenvalue weighted by molar-refractivity contribution is 6.69. The summed E-state index contributed by atoms with van der Waals surface area (Å²) in [5.74, 6) is -3.31. The second-order valence-electron chi connectivity index (χ2n) is 16.8. The Morgan fingerprint density at radius 3 is 2.18 bits per heavy atom. The lowest BCUT2D eigenvalue weighted by molar-refractivity contribution is -0.226. The third-order valence-electron chi connectivity index (χ3n) is 13.0. The number of rotatable bonds is 7. The van der Waals surface area contributed by atoms with E-state index in [0.29, 0.717) is 19.3 Å². The molecule has 5 rings (SSSR count). The molecular weight excluding hydrogens is 579 g/mol. The molecule has 44 heavy (non-hydrogen) atoms. The van der Waals surface area contributed by atoms with E-state index < -0.39 is 78.6 Å². The second kappa shape index (κ2) is 9.93. The zero-order valence-corrected chi connectivity index (χ0v) is 29.4. The summed E-state index contributed by atoms with van der Waals surface area (Å²) in [6.45, 7) is 20.7. The van der Waals surface area contributed by atoms with Gasteiger partial charge < -0.3 is 13.9 Å². The Morgan fingerprint density at radius 1 is 1.02 bits per heavy atom. The molecule has 0 aromatic heterocycles. The molecule has 4 fully saturated rings. The Kier molecular flexibility index (Phi) is 7.50. The van der Waals surface area contributed by atoms with Crippen molar-refractivity contribution in [1.29, 1.82) is 0 Å². The summed E-state index contributed by atoms with van der Waals surface area (Å²) < 4.78 is 37.2. The van der Waals surface area contributed by atoms with Crippen LogP contribution in [0.2, 0.25) is 19.6 Å². The smallest absolute Gasteiger partial charge is 0.311 e. The summed E-state index contributed by atoms with van der Waals surface area (Å²) in [4.78, 5) is 52.8. The van der Waals surface area contributed by atoms with E-state index in [0.717, 1.165) is 5.57 Å². The number of ketones is 2. The fourth-order valence-electron chi connectivity index (χ4n) is 10.2. The standard InChI is InChI=1S/C35H51FO7Si/c1-20-16-25-24-13-12-22-17-23(38)14-15-32(22,7)34(24,36)27(43-44(9,10)11)18-33(25,8)35(20,26(39)19-41-21(2)37)42-29(40)28-30(3,4)31(28,5)6/h14-15,17,20,24-25,27-28H,12-13,16,18-19H2,1-11H3/t20-,24-,25-,27-,32-,33-,34-,35-/m0/s1. The van der Waals surface area contributed by atoms with Crippen LogP contribution in [0.15, 0.2) is 23.8 Å². The fraction of sp³-hybridized carbons (Fsp3) is 0.771. The molecule has 0 amide bonds. The van der Waals surface area contributed by atoms with Gasteiger partial charge in [0, 0.05) is 29.6 Å². The first-order chi connectivity index (χ1) is 20.0. The molecule has 0 bridgehead atoms. The third-order valence-corrected chi connectivity index (χ3v) is 14.0. The number of hydrogen-bond donors (Lipinski definition) is 0. The van der Waals surface area contributed by atoms with Gasteiger partial charge in [0.2, 0.25) is 5.78 Å². The van der Waals surface area contributed by atoms with E-state index in [-0.39, 0.29) is 29.0 Å². The number of fused-ring (bicyclic) bond motifs is 5. The number of halogens is 1. The van der Waals surface area contributed by atoms with Crippen molar-refractivity contribution in [2.24, 2.45) is 45.3 Å². The monoisotopic (exact) mass is 630 g/mol. The van der Waals surface area contributed by atoms with Crippen molar-refractivity contribution in [3.63, 3.8) is 0 Å².